The summed E-state index contributed by atoms with van der Waals surface area (Å²) in [6, 6.07) is 13.6. The summed E-state index contributed by atoms with van der Waals surface area (Å²) in [5.41, 5.74) is 7.65. The van der Waals surface area contributed by atoms with Crippen molar-refractivity contribution in [1.29, 1.82) is 0 Å². The van der Waals surface area contributed by atoms with E-state index in [0.717, 1.165) is 0 Å². The number of nitrogen functional groups attached to an aromatic ring is 1. The van der Waals surface area contributed by atoms with Crippen molar-refractivity contribution in [2.75, 3.05) is 11.1 Å². The number of furan rings is 1. The molecule has 1 heterocycles. The Labute approximate surface area is 131 Å². The number of rotatable bonds is 4. The van der Waals surface area contributed by atoms with Gasteiger partial charge in [0.05, 0.1) is 17.8 Å². The number of amides is 1. The number of nitrogens with one attached hydrogen (secondary N) is 1. The third-order valence-electron chi connectivity index (χ3n) is 3.40. The van der Waals surface area contributed by atoms with E-state index in [9.17, 15) is 9.59 Å². The molecule has 1 aromatic heterocycles. The lowest BCUT2D eigenvalue weighted by atomic mass is 10.1. The van der Waals surface area contributed by atoms with E-state index in [-0.39, 0.29) is 12.2 Å². The molecule has 6 heteroatoms. The Morgan fingerprint density at radius 1 is 1.13 bits per heavy atom. The monoisotopic (exact) mass is 310 g/mol. The highest BCUT2D eigenvalue weighted by Gasteiger charge is 2.16. The molecular formula is C17H14N2O4. The number of hydrogen-bond donors (Lipinski definition) is 3. The normalized spacial score (nSPS) is 10.6. The van der Waals surface area contributed by atoms with Gasteiger partial charge in [-0.05, 0) is 18.2 Å². The maximum Gasteiger partial charge on any atom is 0.307 e. The van der Waals surface area contributed by atoms with Gasteiger partial charge in [-0.25, -0.2) is 0 Å². The SMILES string of the molecule is Nc1ccccc1NC(=O)c1cc2cccc(CC(=O)O)c2o1. The summed E-state index contributed by atoms with van der Waals surface area (Å²) in [6.07, 6.45) is -0.169. The van der Waals surface area contributed by atoms with Crippen LogP contribution in [0.25, 0.3) is 11.0 Å². The maximum absolute atomic E-state index is 12.3. The van der Waals surface area contributed by atoms with E-state index in [0.29, 0.717) is 27.9 Å². The molecule has 4 N–H and O–H groups in total. The molecule has 0 aliphatic rings. The van der Waals surface area contributed by atoms with Crippen molar-refractivity contribution in [3.8, 4) is 0 Å². The first-order valence-corrected chi connectivity index (χ1v) is 6.93. The lowest BCUT2D eigenvalue weighted by molar-refractivity contribution is -0.136. The van der Waals surface area contributed by atoms with Crippen molar-refractivity contribution in [2.24, 2.45) is 0 Å². The van der Waals surface area contributed by atoms with E-state index >= 15 is 0 Å². The summed E-state index contributed by atoms with van der Waals surface area (Å²) >= 11 is 0. The molecule has 1 amide bonds. The molecular weight excluding hydrogens is 296 g/mol. The van der Waals surface area contributed by atoms with Crippen LogP contribution in [-0.4, -0.2) is 17.0 Å². The molecule has 2 aromatic carbocycles. The van der Waals surface area contributed by atoms with Crippen LogP contribution in [-0.2, 0) is 11.2 Å². The van der Waals surface area contributed by atoms with Gasteiger partial charge >= 0.3 is 5.97 Å². The van der Waals surface area contributed by atoms with Gasteiger partial charge in [-0.2, -0.15) is 0 Å². The first-order chi connectivity index (χ1) is 11.0. The maximum atomic E-state index is 12.3. The van der Waals surface area contributed by atoms with Crippen LogP contribution in [0.1, 0.15) is 16.1 Å². The average molecular weight is 310 g/mol. The van der Waals surface area contributed by atoms with Gasteiger partial charge in [0.25, 0.3) is 5.91 Å². The number of aliphatic carboxylic acids is 1. The largest absolute Gasteiger partial charge is 0.481 e. The highest BCUT2D eigenvalue weighted by atomic mass is 16.4. The number of benzene rings is 2. The second-order valence-corrected chi connectivity index (χ2v) is 5.06. The molecule has 0 radical (unpaired) electrons. The molecule has 0 fully saturated rings. The first kappa shape index (κ1) is 14.6. The summed E-state index contributed by atoms with van der Waals surface area (Å²) in [7, 11) is 0. The fraction of sp³-hybridized carbons (Fsp3) is 0.0588. The Bertz CT molecular complexity index is 898. The first-order valence-electron chi connectivity index (χ1n) is 6.93. The number of fused-ring (bicyclic) bond motifs is 1. The number of anilines is 2. The number of carboxylic acid groups (broad SMARTS) is 1. The molecule has 0 unspecified atom stereocenters. The van der Waals surface area contributed by atoms with Gasteiger partial charge in [-0.1, -0.05) is 30.3 Å². The van der Waals surface area contributed by atoms with E-state index in [1.54, 1.807) is 48.5 Å². The zero-order valence-corrected chi connectivity index (χ0v) is 12.1. The summed E-state index contributed by atoms with van der Waals surface area (Å²) in [5.74, 6) is -1.31. The minimum absolute atomic E-state index is 0.0982. The number of nitrogens with two attached hydrogens (primary N) is 1. The van der Waals surface area contributed by atoms with Gasteiger partial charge in [-0.3, -0.25) is 9.59 Å². The predicted octanol–water partition coefficient (Wildman–Crippen LogP) is 2.89. The Kier molecular flexibility index (Phi) is 3.72. The molecule has 3 aromatic rings. The number of carboxylic acids is 1. The zero-order valence-electron chi connectivity index (χ0n) is 12.1. The molecule has 6 nitrogen and oxygen atoms in total. The molecule has 0 spiro atoms. The van der Waals surface area contributed by atoms with Gasteiger partial charge < -0.3 is 20.6 Å². The number of carbonyl (C=O) groups is 2. The molecule has 0 aliphatic heterocycles. The van der Waals surface area contributed by atoms with Gasteiger partial charge in [0.15, 0.2) is 5.76 Å². The van der Waals surface area contributed by atoms with Crippen LogP contribution < -0.4 is 11.1 Å². The summed E-state index contributed by atoms with van der Waals surface area (Å²) in [5, 5.41) is 12.3. The Morgan fingerprint density at radius 2 is 1.91 bits per heavy atom. The number of hydrogen-bond acceptors (Lipinski definition) is 4. The molecule has 0 aliphatic carbocycles. The van der Waals surface area contributed by atoms with Gasteiger partial charge in [-0.15, -0.1) is 0 Å². The molecule has 0 atom stereocenters. The van der Waals surface area contributed by atoms with Crippen LogP contribution in [0, 0.1) is 0 Å². The molecule has 3 rings (SSSR count). The number of carbonyl (C=O) groups excluding carboxylic acids is 1. The highest BCUT2D eigenvalue weighted by molar-refractivity contribution is 6.06. The summed E-state index contributed by atoms with van der Waals surface area (Å²) < 4.78 is 5.56. The Balaban J connectivity index is 1.92. The van der Waals surface area contributed by atoms with E-state index in [4.69, 9.17) is 15.3 Å². The van der Waals surface area contributed by atoms with Crippen LogP contribution in [0.5, 0.6) is 0 Å². The predicted molar refractivity (Wildman–Crippen MR) is 86.4 cm³/mol. The number of para-hydroxylation sites is 3. The van der Waals surface area contributed by atoms with Crippen molar-refractivity contribution in [3.63, 3.8) is 0 Å². The van der Waals surface area contributed by atoms with Crippen LogP contribution in [0.4, 0.5) is 11.4 Å². The third-order valence-corrected chi connectivity index (χ3v) is 3.40. The van der Waals surface area contributed by atoms with Crippen LogP contribution in [0.2, 0.25) is 0 Å². The van der Waals surface area contributed by atoms with E-state index < -0.39 is 11.9 Å². The van der Waals surface area contributed by atoms with Crippen molar-refractivity contribution in [3.05, 3.63) is 59.9 Å². The smallest absolute Gasteiger partial charge is 0.307 e. The fourth-order valence-corrected chi connectivity index (χ4v) is 2.33. The lowest BCUT2D eigenvalue weighted by Crippen LogP contribution is -2.12. The van der Waals surface area contributed by atoms with Crippen molar-refractivity contribution in [2.45, 2.75) is 6.42 Å². The third kappa shape index (κ3) is 3.01. The van der Waals surface area contributed by atoms with Crippen molar-refractivity contribution in [1.82, 2.24) is 0 Å². The minimum Gasteiger partial charge on any atom is -0.481 e. The second-order valence-electron chi connectivity index (χ2n) is 5.06. The van der Waals surface area contributed by atoms with Crippen LogP contribution in [0.3, 0.4) is 0 Å². The minimum atomic E-state index is -0.961. The quantitative estimate of drug-likeness (QED) is 0.642. The molecule has 0 saturated carbocycles. The summed E-state index contributed by atoms with van der Waals surface area (Å²) in [4.78, 5) is 23.2. The lowest BCUT2D eigenvalue weighted by Gasteiger charge is -2.05. The van der Waals surface area contributed by atoms with Crippen molar-refractivity contribution < 1.29 is 19.1 Å². The van der Waals surface area contributed by atoms with Gasteiger partial charge in [0, 0.05) is 10.9 Å². The highest BCUT2D eigenvalue weighted by Crippen LogP contribution is 2.25. The van der Waals surface area contributed by atoms with E-state index in [2.05, 4.69) is 5.32 Å². The Morgan fingerprint density at radius 3 is 2.65 bits per heavy atom. The second kappa shape index (κ2) is 5.84. The topological polar surface area (TPSA) is 106 Å². The van der Waals surface area contributed by atoms with E-state index in [1.165, 1.54) is 0 Å². The van der Waals surface area contributed by atoms with Gasteiger partial charge in [0.2, 0.25) is 0 Å². The van der Waals surface area contributed by atoms with Crippen LogP contribution >= 0.6 is 0 Å². The fourth-order valence-electron chi connectivity index (χ4n) is 2.33. The zero-order chi connectivity index (χ0) is 16.4. The Hall–Kier alpha value is -3.28. The van der Waals surface area contributed by atoms with E-state index in [1.807, 2.05) is 0 Å². The van der Waals surface area contributed by atoms with Gasteiger partial charge in [0.1, 0.15) is 5.58 Å². The molecule has 0 bridgehead atoms. The summed E-state index contributed by atoms with van der Waals surface area (Å²) in [6.45, 7) is 0. The van der Waals surface area contributed by atoms with Crippen molar-refractivity contribution >= 4 is 34.2 Å². The standard InChI is InChI=1S/C17H14N2O4/c18-12-6-1-2-7-13(12)19-17(22)14-8-10-4-3-5-11(9-15(20)21)16(10)23-14/h1-8H,9,18H2,(H,19,22)(H,20,21). The molecule has 0 saturated heterocycles. The average Bonchev–Trinajstić information content (AvgIpc) is 2.94. The molecule has 23 heavy (non-hydrogen) atoms. The molecule has 116 valence electrons. The van der Waals surface area contributed by atoms with Crippen LogP contribution in [0.15, 0.2) is 52.9 Å².